The number of hydrogen-bond acceptors (Lipinski definition) is 7. The van der Waals surface area contributed by atoms with Gasteiger partial charge >= 0.3 is 0 Å². The third-order valence-corrected chi connectivity index (χ3v) is 4.09. The van der Waals surface area contributed by atoms with Crippen LogP contribution in [0.1, 0.15) is 32.0 Å². The van der Waals surface area contributed by atoms with Crippen LogP contribution in [0.15, 0.2) is 0 Å². The predicted octanol–water partition coefficient (Wildman–Crippen LogP) is 0.503. The maximum atomic E-state index is 9.29. The van der Waals surface area contributed by atoms with E-state index < -0.39 is 0 Å². The number of nitrogens with two attached hydrogens (primary N) is 1. The van der Waals surface area contributed by atoms with E-state index in [1.165, 1.54) is 12.8 Å². The molecule has 0 spiro atoms. The van der Waals surface area contributed by atoms with Crippen molar-refractivity contribution < 1.29 is 5.11 Å². The van der Waals surface area contributed by atoms with Gasteiger partial charge in [-0.1, -0.05) is 6.92 Å². The molecule has 0 radical (unpaired) electrons. The van der Waals surface area contributed by atoms with E-state index in [9.17, 15) is 5.11 Å². The lowest BCUT2D eigenvalue weighted by atomic mass is 9.89. The number of nitrogen functional groups attached to an aromatic ring is 1. The number of aliphatic hydroxyl groups is 1. The molecule has 0 bridgehead atoms. The third kappa shape index (κ3) is 4.01. The van der Waals surface area contributed by atoms with Crippen LogP contribution >= 0.6 is 0 Å². The molecule has 2 atom stereocenters. The number of hydrogen-bond donors (Lipinski definition) is 2. The maximum Gasteiger partial charge on any atom is 0.229 e. The molecule has 118 valence electrons. The fourth-order valence-corrected chi connectivity index (χ4v) is 3.01. The van der Waals surface area contributed by atoms with Crippen LogP contribution in [0, 0.1) is 5.92 Å². The molecule has 0 aromatic carbocycles. The highest BCUT2D eigenvalue weighted by Crippen LogP contribution is 2.26. The van der Waals surface area contributed by atoms with Gasteiger partial charge in [0.15, 0.2) is 0 Å². The number of nitrogens with zero attached hydrogens (tertiary/aromatic N) is 5. The number of likely N-dealkylation sites (tertiary alicyclic amines) is 1. The minimum atomic E-state index is 0.216. The SMILES string of the molecule is C[C@@H]1CCCN(Cc2nc(N)nc(N(C)C)n2)[C@H]1CCO. The van der Waals surface area contributed by atoms with Gasteiger partial charge in [-0.15, -0.1) is 0 Å². The minimum Gasteiger partial charge on any atom is -0.396 e. The van der Waals surface area contributed by atoms with Crippen LogP contribution in [-0.2, 0) is 6.54 Å². The van der Waals surface area contributed by atoms with Crippen molar-refractivity contribution >= 4 is 11.9 Å². The first-order chi connectivity index (χ1) is 10.0. The predicted molar refractivity (Wildman–Crippen MR) is 82.9 cm³/mol. The van der Waals surface area contributed by atoms with Gasteiger partial charge < -0.3 is 15.7 Å². The number of aromatic nitrogens is 3. The van der Waals surface area contributed by atoms with E-state index in [1.54, 1.807) is 0 Å². The second-order valence-electron chi connectivity index (χ2n) is 5.97. The average Bonchev–Trinajstić information content (AvgIpc) is 2.42. The summed E-state index contributed by atoms with van der Waals surface area (Å²) in [5, 5.41) is 9.29. The van der Waals surface area contributed by atoms with Gasteiger partial charge in [-0.05, 0) is 31.7 Å². The lowest BCUT2D eigenvalue weighted by molar-refractivity contribution is 0.0699. The van der Waals surface area contributed by atoms with Crippen molar-refractivity contribution in [2.45, 2.75) is 38.8 Å². The van der Waals surface area contributed by atoms with E-state index in [-0.39, 0.29) is 12.6 Å². The van der Waals surface area contributed by atoms with Crippen molar-refractivity contribution in [1.82, 2.24) is 19.9 Å². The van der Waals surface area contributed by atoms with E-state index in [1.807, 2.05) is 19.0 Å². The largest absolute Gasteiger partial charge is 0.396 e. The van der Waals surface area contributed by atoms with Crippen LogP contribution in [-0.4, -0.2) is 58.2 Å². The molecular weight excluding hydrogens is 268 g/mol. The Kier molecular flexibility index (Phi) is 5.30. The summed E-state index contributed by atoms with van der Waals surface area (Å²) in [5.74, 6) is 2.12. The van der Waals surface area contributed by atoms with E-state index in [0.717, 1.165) is 13.0 Å². The Bertz CT molecular complexity index is 467. The van der Waals surface area contributed by atoms with Gasteiger partial charge in [-0.25, -0.2) is 0 Å². The number of aliphatic hydroxyl groups excluding tert-OH is 1. The second-order valence-corrected chi connectivity index (χ2v) is 5.97. The van der Waals surface area contributed by atoms with Crippen LogP contribution < -0.4 is 10.6 Å². The summed E-state index contributed by atoms with van der Waals surface area (Å²) in [6.45, 7) is 4.13. The topological polar surface area (TPSA) is 91.4 Å². The molecule has 2 rings (SSSR count). The molecule has 1 aromatic rings. The summed E-state index contributed by atoms with van der Waals surface area (Å²) in [5.41, 5.74) is 5.78. The zero-order valence-corrected chi connectivity index (χ0v) is 13.2. The van der Waals surface area contributed by atoms with Gasteiger partial charge in [0.05, 0.1) is 6.54 Å². The molecule has 1 aliphatic heterocycles. The van der Waals surface area contributed by atoms with Crippen LogP contribution in [0.25, 0.3) is 0 Å². The first-order valence-electron chi connectivity index (χ1n) is 7.54. The Morgan fingerprint density at radius 2 is 2.10 bits per heavy atom. The van der Waals surface area contributed by atoms with E-state index in [4.69, 9.17) is 5.73 Å². The van der Waals surface area contributed by atoms with Gasteiger partial charge in [0.25, 0.3) is 0 Å². The summed E-state index contributed by atoms with van der Waals surface area (Å²) in [7, 11) is 3.77. The molecule has 7 nitrogen and oxygen atoms in total. The molecule has 21 heavy (non-hydrogen) atoms. The highest BCUT2D eigenvalue weighted by atomic mass is 16.3. The Balaban J connectivity index is 2.15. The van der Waals surface area contributed by atoms with Gasteiger partial charge in [-0.3, -0.25) is 4.90 Å². The molecule has 0 aliphatic carbocycles. The molecule has 1 aromatic heterocycles. The van der Waals surface area contributed by atoms with Gasteiger partial charge in [0.2, 0.25) is 11.9 Å². The Morgan fingerprint density at radius 1 is 1.33 bits per heavy atom. The smallest absolute Gasteiger partial charge is 0.229 e. The highest BCUT2D eigenvalue weighted by molar-refractivity contribution is 5.32. The van der Waals surface area contributed by atoms with Crippen molar-refractivity contribution in [3.8, 4) is 0 Å². The Hall–Kier alpha value is -1.47. The van der Waals surface area contributed by atoms with E-state index in [0.29, 0.717) is 30.3 Å². The summed E-state index contributed by atoms with van der Waals surface area (Å²) in [4.78, 5) is 17.0. The molecule has 7 heteroatoms. The van der Waals surface area contributed by atoms with Gasteiger partial charge in [0.1, 0.15) is 5.82 Å². The van der Waals surface area contributed by atoms with Crippen molar-refractivity contribution in [3.05, 3.63) is 5.82 Å². The highest BCUT2D eigenvalue weighted by Gasteiger charge is 2.28. The lowest BCUT2D eigenvalue weighted by Gasteiger charge is -2.39. The monoisotopic (exact) mass is 294 g/mol. The molecule has 0 saturated carbocycles. The van der Waals surface area contributed by atoms with Crippen LogP contribution in [0.4, 0.5) is 11.9 Å². The van der Waals surface area contributed by atoms with Crippen molar-refractivity contribution in [2.24, 2.45) is 5.92 Å². The fraction of sp³-hybridized carbons (Fsp3) is 0.786. The van der Waals surface area contributed by atoms with Crippen LogP contribution in [0.2, 0.25) is 0 Å². The molecule has 1 fully saturated rings. The van der Waals surface area contributed by atoms with Crippen LogP contribution in [0.3, 0.4) is 0 Å². The number of rotatable bonds is 5. The van der Waals surface area contributed by atoms with Crippen LogP contribution in [0.5, 0.6) is 0 Å². The molecule has 1 saturated heterocycles. The zero-order chi connectivity index (χ0) is 15.4. The fourth-order valence-electron chi connectivity index (χ4n) is 3.01. The number of anilines is 2. The van der Waals surface area contributed by atoms with Crippen molar-refractivity contribution in [2.75, 3.05) is 37.9 Å². The zero-order valence-electron chi connectivity index (χ0n) is 13.2. The van der Waals surface area contributed by atoms with E-state index >= 15 is 0 Å². The molecule has 0 unspecified atom stereocenters. The second kappa shape index (κ2) is 7.00. The molecule has 3 N–H and O–H groups in total. The van der Waals surface area contributed by atoms with Gasteiger partial charge in [0, 0.05) is 26.7 Å². The normalized spacial score (nSPS) is 23.2. The first kappa shape index (κ1) is 15.9. The summed E-state index contributed by atoms with van der Waals surface area (Å²) < 4.78 is 0. The maximum absolute atomic E-state index is 9.29. The molecular formula is C14H26N6O. The number of piperidine rings is 1. The molecule has 2 heterocycles. The molecule has 1 aliphatic rings. The summed E-state index contributed by atoms with van der Waals surface area (Å²) >= 11 is 0. The third-order valence-electron chi connectivity index (χ3n) is 4.09. The van der Waals surface area contributed by atoms with Gasteiger partial charge in [-0.2, -0.15) is 15.0 Å². The Morgan fingerprint density at radius 3 is 2.76 bits per heavy atom. The molecule has 0 amide bonds. The van der Waals surface area contributed by atoms with E-state index in [2.05, 4.69) is 26.8 Å². The van der Waals surface area contributed by atoms with Crippen molar-refractivity contribution in [3.63, 3.8) is 0 Å². The summed E-state index contributed by atoms with van der Waals surface area (Å²) in [6, 6.07) is 0.379. The standard InChI is InChI=1S/C14H26N6O/c1-10-5-4-7-20(11(10)6-8-21)9-12-16-13(15)18-14(17-12)19(2)3/h10-11,21H,4-9H2,1-3H3,(H2,15,16,17,18)/t10-,11+/m1/s1. The van der Waals surface area contributed by atoms with Crippen molar-refractivity contribution in [1.29, 1.82) is 0 Å². The summed E-state index contributed by atoms with van der Waals surface area (Å²) in [6.07, 6.45) is 3.18. The average molecular weight is 294 g/mol. The Labute approximate surface area is 126 Å². The quantitative estimate of drug-likeness (QED) is 0.817. The minimum absolute atomic E-state index is 0.216. The first-order valence-corrected chi connectivity index (χ1v) is 7.54. The lowest BCUT2D eigenvalue weighted by Crippen LogP contribution is -2.44.